The van der Waals surface area contributed by atoms with Crippen LogP contribution in [-0.2, 0) is 14.3 Å². The summed E-state index contributed by atoms with van der Waals surface area (Å²) in [5, 5.41) is 5.07. The van der Waals surface area contributed by atoms with Gasteiger partial charge >= 0.3 is 5.97 Å². The molecule has 1 aromatic heterocycles. The number of amides is 2. The molecule has 2 amide bonds. The molecule has 0 bridgehead atoms. The van der Waals surface area contributed by atoms with Crippen molar-refractivity contribution in [2.24, 2.45) is 0 Å². The number of methoxy groups -OCH3 is 2. The van der Waals surface area contributed by atoms with Gasteiger partial charge in [-0.3, -0.25) is 9.59 Å². The van der Waals surface area contributed by atoms with Gasteiger partial charge in [0.1, 0.15) is 5.69 Å². The zero-order chi connectivity index (χ0) is 16.7. The van der Waals surface area contributed by atoms with Crippen molar-refractivity contribution in [3.8, 4) is 0 Å². The van der Waals surface area contributed by atoms with Crippen LogP contribution in [0.5, 0.6) is 0 Å². The van der Waals surface area contributed by atoms with Gasteiger partial charge in [-0.25, -0.2) is 4.79 Å². The van der Waals surface area contributed by atoms with Gasteiger partial charge in [0.2, 0.25) is 5.91 Å². The molecule has 3 N–H and O–H groups in total. The molecule has 0 unspecified atom stereocenters. The molecular weight excluding hydrogens is 290 g/mol. The van der Waals surface area contributed by atoms with E-state index in [1.54, 1.807) is 13.8 Å². The van der Waals surface area contributed by atoms with Gasteiger partial charge in [0.25, 0.3) is 5.91 Å². The number of aryl methyl sites for hydroxylation is 1. The van der Waals surface area contributed by atoms with Gasteiger partial charge in [-0.15, -0.1) is 0 Å². The molecule has 0 spiro atoms. The van der Waals surface area contributed by atoms with Gasteiger partial charge in [-0.05, 0) is 19.4 Å². The topological polar surface area (TPSA) is 110 Å². The maximum absolute atomic E-state index is 12.1. The van der Waals surface area contributed by atoms with E-state index in [0.29, 0.717) is 30.0 Å². The molecule has 22 heavy (non-hydrogen) atoms. The number of aromatic amines is 1. The first-order chi connectivity index (χ1) is 10.4. The zero-order valence-electron chi connectivity index (χ0n) is 13.2. The van der Waals surface area contributed by atoms with E-state index in [1.165, 1.54) is 14.2 Å². The fourth-order valence-corrected chi connectivity index (χ4v) is 1.99. The summed E-state index contributed by atoms with van der Waals surface area (Å²) in [5.41, 5.74) is 1.60. The number of hydrogen-bond donors (Lipinski definition) is 3. The molecular formula is C14H21N3O5. The van der Waals surface area contributed by atoms with Crippen LogP contribution >= 0.6 is 0 Å². The Labute approximate surface area is 128 Å². The smallest absolute Gasteiger partial charge is 0.339 e. The predicted molar refractivity (Wildman–Crippen MR) is 78.8 cm³/mol. The Balaban J connectivity index is 2.67. The normalized spacial score (nSPS) is 10.2. The van der Waals surface area contributed by atoms with Crippen LogP contribution in [0.1, 0.15) is 32.1 Å². The second-order valence-corrected chi connectivity index (χ2v) is 4.64. The van der Waals surface area contributed by atoms with Crippen molar-refractivity contribution < 1.29 is 23.9 Å². The highest BCUT2D eigenvalue weighted by Gasteiger charge is 2.22. The van der Waals surface area contributed by atoms with Gasteiger partial charge in [0.05, 0.1) is 25.8 Å². The predicted octanol–water partition coefficient (Wildman–Crippen LogP) is -0.0895. The summed E-state index contributed by atoms with van der Waals surface area (Å²) >= 11 is 0. The number of carbonyl (C=O) groups is 3. The number of esters is 1. The molecule has 1 heterocycles. The molecule has 0 aliphatic rings. The quantitative estimate of drug-likeness (QED) is 0.481. The van der Waals surface area contributed by atoms with Crippen molar-refractivity contribution in [1.82, 2.24) is 15.6 Å². The summed E-state index contributed by atoms with van der Waals surface area (Å²) in [5.74, 6) is -1.29. The fraction of sp³-hybridized carbons (Fsp3) is 0.500. The monoisotopic (exact) mass is 311 g/mol. The molecule has 0 aliphatic heterocycles. The lowest BCUT2D eigenvalue weighted by Gasteiger charge is -2.06. The first-order valence-corrected chi connectivity index (χ1v) is 6.73. The molecule has 0 saturated heterocycles. The molecule has 8 nitrogen and oxygen atoms in total. The minimum Gasteiger partial charge on any atom is -0.465 e. The van der Waals surface area contributed by atoms with Crippen LogP contribution in [-0.4, -0.2) is 56.7 Å². The molecule has 122 valence electrons. The fourth-order valence-electron chi connectivity index (χ4n) is 1.99. The van der Waals surface area contributed by atoms with E-state index < -0.39 is 11.9 Å². The third-order valence-electron chi connectivity index (χ3n) is 3.09. The lowest BCUT2D eigenvalue weighted by atomic mass is 10.1. The zero-order valence-corrected chi connectivity index (χ0v) is 13.2. The van der Waals surface area contributed by atoms with Gasteiger partial charge in [0, 0.05) is 19.3 Å². The maximum Gasteiger partial charge on any atom is 0.339 e. The Bertz CT molecular complexity index is 565. The van der Waals surface area contributed by atoms with Crippen LogP contribution in [0.3, 0.4) is 0 Å². The number of hydrogen-bond acceptors (Lipinski definition) is 5. The average molecular weight is 311 g/mol. The maximum atomic E-state index is 12.1. The Morgan fingerprint density at radius 1 is 1.14 bits per heavy atom. The first kappa shape index (κ1) is 17.7. The van der Waals surface area contributed by atoms with Crippen molar-refractivity contribution in [2.45, 2.75) is 13.8 Å². The van der Waals surface area contributed by atoms with E-state index in [4.69, 9.17) is 4.74 Å². The number of H-pyrrole nitrogens is 1. The van der Waals surface area contributed by atoms with Gasteiger partial charge in [-0.2, -0.15) is 0 Å². The van der Waals surface area contributed by atoms with E-state index in [-0.39, 0.29) is 18.1 Å². The summed E-state index contributed by atoms with van der Waals surface area (Å²) in [7, 11) is 2.81. The number of nitrogens with one attached hydrogen (secondary N) is 3. The Morgan fingerprint density at radius 3 is 2.41 bits per heavy atom. The van der Waals surface area contributed by atoms with Crippen molar-refractivity contribution in [3.05, 3.63) is 22.5 Å². The third kappa shape index (κ3) is 4.32. The summed E-state index contributed by atoms with van der Waals surface area (Å²) < 4.78 is 9.48. The number of aromatic nitrogens is 1. The lowest BCUT2D eigenvalue weighted by molar-refractivity contribution is -0.120. The second kappa shape index (κ2) is 8.18. The molecule has 0 fully saturated rings. The number of rotatable bonds is 7. The molecule has 0 saturated carbocycles. The summed E-state index contributed by atoms with van der Waals surface area (Å²) in [6.45, 7) is 3.93. The molecule has 0 aromatic carbocycles. The van der Waals surface area contributed by atoms with Gasteiger partial charge in [0.15, 0.2) is 0 Å². The Morgan fingerprint density at radius 2 is 1.82 bits per heavy atom. The van der Waals surface area contributed by atoms with E-state index in [0.717, 1.165) is 0 Å². The highest BCUT2D eigenvalue weighted by molar-refractivity contribution is 6.01. The minimum atomic E-state index is -0.511. The van der Waals surface area contributed by atoms with Crippen LogP contribution in [0.25, 0.3) is 0 Å². The summed E-state index contributed by atoms with van der Waals surface area (Å²) in [6, 6.07) is 0. The average Bonchev–Trinajstić information content (AvgIpc) is 2.79. The Kier molecular flexibility index (Phi) is 6.58. The highest BCUT2D eigenvalue weighted by atomic mass is 16.5. The van der Waals surface area contributed by atoms with Crippen LogP contribution in [0.2, 0.25) is 0 Å². The van der Waals surface area contributed by atoms with E-state index in [1.807, 2.05) is 0 Å². The first-order valence-electron chi connectivity index (χ1n) is 6.73. The molecule has 0 radical (unpaired) electrons. The van der Waals surface area contributed by atoms with Crippen LogP contribution in [0.4, 0.5) is 0 Å². The molecule has 1 aromatic rings. The number of ether oxygens (including phenoxy) is 2. The van der Waals surface area contributed by atoms with Crippen LogP contribution in [0.15, 0.2) is 0 Å². The van der Waals surface area contributed by atoms with Gasteiger partial charge in [-0.1, -0.05) is 0 Å². The lowest BCUT2D eigenvalue weighted by Crippen LogP contribution is -2.38. The van der Waals surface area contributed by atoms with Crippen molar-refractivity contribution in [2.75, 3.05) is 33.9 Å². The molecule has 0 atom stereocenters. The van der Waals surface area contributed by atoms with Gasteiger partial charge < -0.3 is 25.1 Å². The summed E-state index contributed by atoms with van der Waals surface area (Å²) in [4.78, 5) is 38.1. The highest BCUT2D eigenvalue weighted by Crippen LogP contribution is 2.18. The largest absolute Gasteiger partial charge is 0.465 e. The minimum absolute atomic E-state index is 0.159. The van der Waals surface area contributed by atoms with Crippen molar-refractivity contribution in [1.29, 1.82) is 0 Å². The van der Waals surface area contributed by atoms with E-state index >= 15 is 0 Å². The van der Waals surface area contributed by atoms with Crippen molar-refractivity contribution >= 4 is 17.8 Å². The van der Waals surface area contributed by atoms with E-state index in [2.05, 4.69) is 20.4 Å². The molecule has 1 rings (SSSR count). The SMILES string of the molecule is COCCNC(=O)CNC(=O)c1[nH]c(C)c(C(=O)OC)c1C. The standard InChI is InChI=1S/C14H21N3O5/c1-8-11(14(20)22-4)9(2)17-12(8)13(19)16-7-10(18)15-5-6-21-3/h17H,5-7H2,1-4H3,(H,15,18)(H,16,19). The third-order valence-corrected chi connectivity index (χ3v) is 3.09. The molecule has 8 heteroatoms. The number of carbonyl (C=O) groups excluding carboxylic acids is 3. The van der Waals surface area contributed by atoms with Crippen LogP contribution < -0.4 is 10.6 Å². The second-order valence-electron chi connectivity index (χ2n) is 4.64. The van der Waals surface area contributed by atoms with Crippen molar-refractivity contribution in [3.63, 3.8) is 0 Å². The van der Waals surface area contributed by atoms with E-state index in [9.17, 15) is 14.4 Å². The summed E-state index contributed by atoms with van der Waals surface area (Å²) in [6.07, 6.45) is 0. The molecule has 0 aliphatic carbocycles. The Hall–Kier alpha value is -2.35. The van der Waals surface area contributed by atoms with Crippen LogP contribution in [0, 0.1) is 13.8 Å².